The molecule has 1 aliphatic rings. The number of carbonyl (C=O) groups is 1. The van der Waals surface area contributed by atoms with E-state index >= 15 is 0 Å². The van der Waals surface area contributed by atoms with Gasteiger partial charge in [-0.3, -0.25) is 19.5 Å². The van der Waals surface area contributed by atoms with Crippen LogP contribution in [-0.4, -0.2) is 34.5 Å². The van der Waals surface area contributed by atoms with Gasteiger partial charge in [-0.2, -0.15) is 0 Å². The second-order valence-corrected chi connectivity index (χ2v) is 6.14. The molecule has 0 bridgehead atoms. The molecule has 2 aromatic rings. The average Bonchev–Trinajstić information content (AvgIpc) is 2.90. The fourth-order valence-electron chi connectivity index (χ4n) is 3.05. The molecule has 0 aliphatic carbocycles. The van der Waals surface area contributed by atoms with Gasteiger partial charge in [-0.15, -0.1) is 12.4 Å². The number of hydrogen-bond donors (Lipinski definition) is 2. The van der Waals surface area contributed by atoms with Crippen molar-refractivity contribution in [2.24, 2.45) is 0 Å². The maximum Gasteiger partial charge on any atom is 0.419 e. The van der Waals surface area contributed by atoms with Crippen LogP contribution >= 0.6 is 12.4 Å². The maximum absolute atomic E-state index is 12.0. The van der Waals surface area contributed by atoms with Crippen molar-refractivity contribution in [1.29, 1.82) is 0 Å². The highest BCUT2D eigenvalue weighted by Gasteiger charge is 2.16. The Bertz CT molecular complexity index is 841. The quantitative estimate of drug-likeness (QED) is 0.576. The maximum atomic E-state index is 12.0. The van der Waals surface area contributed by atoms with Crippen molar-refractivity contribution in [1.82, 2.24) is 15.2 Å². The third-order valence-corrected chi connectivity index (χ3v) is 4.31. The van der Waals surface area contributed by atoms with Crippen LogP contribution in [0.1, 0.15) is 25.7 Å². The van der Waals surface area contributed by atoms with Crippen LogP contribution in [0.15, 0.2) is 27.4 Å². The topological polar surface area (TPSA) is 119 Å². The summed E-state index contributed by atoms with van der Waals surface area (Å²) in [6, 6.07) is 4.22. The van der Waals surface area contributed by atoms with Gasteiger partial charge in [0.15, 0.2) is 5.58 Å². The summed E-state index contributed by atoms with van der Waals surface area (Å²) in [6.45, 7) is 2.09. The summed E-state index contributed by atoms with van der Waals surface area (Å²) in [6.07, 6.45) is 2.82. The highest BCUT2D eigenvalue weighted by molar-refractivity contribution is 5.85. The molecule has 1 saturated heterocycles. The Morgan fingerprint density at radius 1 is 1.46 bits per heavy atom. The number of amides is 1. The number of rotatable bonds is 6. The zero-order valence-corrected chi connectivity index (χ0v) is 14.9. The smallest absolute Gasteiger partial charge is 0.407 e. The first kappa shape index (κ1) is 19.9. The molecule has 0 saturated carbocycles. The Morgan fingerprint density at radius 2 is 2.27 bits per heavy atom. The van der Waals surface area contributed by atoms with E-state index in [1.807, 2.05) is 0 Å². The van der Waals surface area contributed by atoms with E-state index in [-0.39, 0.29) is 35.6 Å². The minimum atomic E-state index is -0.576. The summed E-state index contributed by atoms with van der Waals surface area (Å²) in [5, 5.41) is 17.0. The lowest BCUT2D eigenvalue weighted by atomic mass is 10.1. The number of benzene rings is 1. The lowest BCUT2D eigenvalue weighted by Gasteiger charge is -2.23. The fourth-order valence-corrected chi connectivity index (χ4v) is 3.05. The van der Waals surface area contributed by atoms with Gasteiger partial charge in [0.25, 0.3) is 5.69 Å². The zero-order valence-electron chi connectivity index (χ0n) is 14.1. The number of nitrogens with zero attached hydrogens (tertiary/aromatic N) is 2. The SMILES string of the molecule is Cl.O=C(CCCn1c(=O)oc2cc([N+](=O)[O-])ccc21)NC1CCCNC1. The van der Waals surface area contributed by atoms with E-state index in [0.717, 1.165) is 25.9 Å². The largest absolute Gasteiger partial charge is 0.419 e. The van der Waals surface area contributed by atoms with Crippen molar-refractivity contribution in [2.75, 3.05) is 13.1 Å². The van der Waals surface area contributed by atoms with Crippen LogP contribution in [0.25, 0.3) is 11.1 Å². The van der Waals surface area contributed by atoms with Crippen LogP contribution in [0, 0.1) is 10.1 Å². The van der Waals surface area contributed by atoms with Crippen LogP contribution < -0.4 is 16.4 Å². The van der Waals surface area contributed by atoms with Crippen LogP contribution in [-0.2, 0) is 11.3 Å². The number of aromatic nitrogens is 1. The minimum absolute atomic E-state index is 0. The lowest BCUT2D eigenvalue weighted by molar-refractivity contribution is -0.384. The van der Waals surface area contributed by atoms with Crippen LogP contribution in [0.4, 0.5) is 5.69 Å². The van der Waals surface area contributed by atoms with Gasteiger partial charge in [-0.05, 0) is 31.9 Å². The number of halogens is 1. The number of piperidine rings is 1. The first-order chi connectivity index (χ1) is 12.0. The summed E-state index contributed by atoms with van der Waals surface area (Å²) >= 11 is 0. The highest BCUT2D eigenvalue weighted by atomic mass is 35.5. The number of hydrogen-bond acceptors (Lipinski definition) is 6. The highest BCUT2D eigenvalue weighted by Crippen LogP contribution is 2.20. The molecule has 1 unspecified atom stereocenters. The molecule has 3 rings (SSSR count). The molecule has 10 heteroatoms. The Morgan fingerprint density at radius 3 is 2.96 bits per heavy atom. The number of nitro benzene ring substituents is 1. The first-order valence-corrected chi connectivity index (χ1v) is 8.32. The van der Waals surface area contributed by atoms with E-state index in [0.29, 0.717) is 24.9 Å². The lowest BCUT2D eigenvalue weighted by Crippen LogP contribution is -2.45. The van der Waals surface area contributed by atoms with Gasteiger partial charge in [-0.1, -0.05) is 0 Å². The second kappa shape index (κ2) is 8.81. The van der Waals surface area contributed by atoms with Crippen molar-refractivity contribution >= 4 is 35.1 Å². The average molecular weight is 385 g/mol. The van der Waals surface area contributed by atoms with E-state index in [9.17, 15) is 19.7 Å². The fraction of sp³-hybridized carbons (Fsp3) is 0.500. The summed E-state index contributed by atoms with van der Waals surface area (Å²) in [4.78, 5) is 34.1. The van der Waals surface area contributed by atoms with Gasteiger partial charge in [0.2, 0.25) is 5.91 Å². The molecule has 1 amide bonds. The summed E-state index contributed by atoms with van der Waals surface area (Å²) in [7, 11) is 0. The van der Waals surface area contributed by atoms with Crippen molar-refractivity contribution in [2.45, 2.75) is 38.3 Å². The van der Waals surface area contributed by atoms with E-state index in [1.165, 1.54) is 22.8 Å². The molecule has 0 spiro atoms. The van der Waals surface area contributed by atoms with Gasteiger partial charge in [-0.25, -0.2) is 4.79 Å². The van der Waals surface area contributed by atoms with Gasteiger partial charge in [0, 0.05) is 31.6 Å². The summed E-state index contributed by atoms with van der Waals surface area (Å²) in [5.74, 6) is -0.613. The van der Waals surface area contributed by atoms with Crippen molar-refractivity contribution in [3.63, 3.8) is 0 Å². The Labute approximate surface area is 155 Å². The normalized spacial score (nSPS) is 16.8. The number of nitro groups is 1. The molecule has 2 heterocycles. The molecule has 1 atom stereocenters. The number of fused-ring (bicyclic) bond motifs is 1. The molecule has 1 aliphatic heterocycles. The van der Waals surface area contributed by atoms with Crippen molar-refractivity contribution in [3.8, 4) is 0 Å². The standard InChI is InChI=1S/C16H20N4O5.ClH/c21-15(18-11-3-1-7-17-10-11)4-2-8-19-13-6-5-12(20(23)24)9-14(13)25-16(19)22;/h5-6,9,11,17H,1-4,7-8,10H2,(H,18,21);1H. The summed E-state index contributed by atoms with van der Waals surface area (Å²) in [5.41, 5.74) is 0.540. The molecule has 0 radical (unpaired) electrons. The van der Waals surface area contributed by atoms with Crippen molar-refractivity contribution in [3.05, 3.63) is 38.9 Å². The third-order valence-electron chi connectivity index (χ3n) is 4.31. The van der Waals surface area contributed by atoms with Gasteiger partial charge in [0.1, 0.15) is 0 Å². The van der Waals surface area contributed by atoms with Crippen LogP contribution in [0.3, 0.4) is 0 Å². The Kier molecular flexibility index (Phi) is 6.76. The van der Waals surface area contributed by atoms with E-state index in [2.05, 4.69) is 10.6 Å². The molecule has 26 heavy (non-hydrogen) atoms. The van der Waals surface area contributed by atoms with Crippen molar-refractivity contribution < 1.29 is 14.1 Å². The number of nitrogens with one attached hydrogen (secondary N) is 2. The van der Waals surface area contributed by atoms with Gasteiger partial charge < -0.3 is 15.1 Å². The van der Waals surface area contributed by atoms with E-state index in [1.54, 1.807) is 0 Å². The molecular weight excluding hydrogens is 364 g/mol. The van der Waals surface area contributed by atoms with Gasteiger partial charge in [0.05, 0.1) is 16.5 Å². The molecule has 1 aromatic heterocycles. The molecule has 1 fully saturated rings. The second-order valence-electron chi connectivity index (χ2n) is 6.14. The Hall–Kier alpha value is -2.39. The molecular formula is C16H21ClN4O5. The van der Waals surface area contributed by atoms with E-state index < -0.39 is 10.7 Å². The molecule has 1 aromatic carbocycles. The summed E-state index contributed by atoms with van der Waals surface area (Å²) < 4.78 is 6.46. The predicted molar refractivity (Wildman–Crippen MR) is 97.6 cm³/mol. The van der Waals surface area contributed by atoms with E-state index in [4.69, 9.17) is 4.42 Å². The van der Waals surface area contributed by atoms with Gasteiger partial charge >= 0.3 is 5.76 Å². The number of non-ortho nitro benzene ring substituents is 1. The first-order valence-electron chi connectivity index (χ1n) is 8.32. The molecule has 9 nitrogen and oxygen atoms in total. The number of aryl methyl sites for hydroxylation is 1. The number of oxazole rings is 1. The van der Waals surface area contributed by atoms with Crippen LogP contribution in [0.2, 0.25) is 0 Å². The molecule has 2 N–H and O–H groups in total. The third kappa shape index (κ3) is 4.61. The number of carbonyl (C=O) groups excluding carboxylic acids is 1. The minimum Gasteiger partial charge on any atom is -0.407 e. The Balaban J connectivity index is 0.00000243. The van der Waals surface area contributed by atoms with Crippen LogP contribution in [0.5, 0.6) is 0 Å². The predicted octanol–water partition coefficient (Wildman–Crippen LogP) is 1.57. The zero-order chi connectivity index (χ0) is 17.8. The molecule has 142 valence electrons. The monoisotopic (exact) mass is 384 g/mol.